The van der Waals surface area contributed by atoms with E-state index in [9.17, 15) is 18.0 Å². The fraction of sp³-hybridized carbons (Fsp3) is 0.500. The van der Waals surface area contributed by atoms with E-state index in [2.05, 4.69) is 4.98 Å². The summed E-state index contributed by atoms with van der Waals surface area (Å²) >= 11 is 0.889. The number of hydrogen-bond acceptors (Lipinski definition) is 3. The molecule has 3 nitrogen and oxygen atoms in total. The number of thiazole rings is 1. The molecule has 0 aliphatic heterocycles. The molecule has 0 bridgehead atoms. The van der Waals surface area contributed by atoms with E-state index >= 15 is 0 Å². The first-order valence-corrected chi connectivity index (χ1v) is 4.87. The van der Waals surface area contributed by atoms with Gasteiger partial charge in [0.15, 0.2) is 5.69 Å². The van der Waals surface area contributed by atoms with Crippen LogP contribution in [0.1, 0.15) is 22.0 Å². The van der Waals surface area contributed by atoms with Crippen LogP contribution in [0, 0.1) is 6.92 Å². The molecule has 0 aliphatic carbocycles. The molecular weight excluding hydrogens is 231 g/mol. The molecule has 0 saturated carbocycles. The average molecular weight is 239 g/mol. The number of carboxylic acids is 1. The lowest BCUT2D eigenvalue weighted by atomic mass is 10.3. The number of hydrogen-bond donors (Lipinski definition) is 1. The van der Waals surface area contributed by atoms with Crippen molar-refractivity contribution in [3.8, 4) is 0 Å². The molecule has 84 valence electrons. The molecule has 0 radical (unpaired) electrons. The predicted octanol–water partition coefficient (Wildman–Crippen LogP) is 2.49. The summed E-state index contributed by atoms with van der Waals surface area (Å²) in [6.45, 7) is 1.32. The first kappa shape index (κ1) is 12.0. The topological polar surface area (TPSA) is 50.2 Å². The molecule has 0 aliphatic rings. The lowest BCUT2D eigenvalue weighted by Gasteiger charge is -2.01. The van der Waals surface area contributed by atoms with Crippen molar-refractivity contribution in [1.82, 2.24) is 4.98 Å². The molecule has 1 aromatic rings. The van der Waals surface area contributed by atoms with E-state index in [4.69, 9.17) is 5.11 Å². The number of aromatic nitrogens is 1. The van der Waals surface area contributed by atoms with Gasteiger partial charge in [-0.25, -0.2) is 4.98 Å². The smallest absolute Gasteiger partial charge is 0.434 e. The Morgan fingerprint density at radius 3 is 2.53 bits per heavy atom. The van der Waals surface area contributed by atoms with Gasteiger partial charge in [-0.05, 0) is 6.92 Å². The van der Waals surface area contributed by atoms with E-state index in [1.54, 1.807) is 0 Å². The van der Waals surface area contributed by atoms with Crippen LogP contribution in [0.5, 0.6) is 0 Å². The zero-order chi connectivity index (χ0) is 11.6. The van der Waals surface area contributed by atoms with E-state index in [-0.39, 0.29) is 22.7 Å². The quantitative estimate of drug-likeness (QED) is 0.881. The minimum absolute atomic E-state index is 0.0386. The maximum Gasteiger partial charge on any atom is 0.434 e. The molecule has 0 atom stereocenters. The minimum atomic E-state index is -4.46. The maximum atomic E-state index is 12.3. The van der Waals surface area contributed by atoms with Gasteiger partial charge >= 0.3 is 12.1 Å². The van der Waals surface area contributed by atoms with Gasteiger partial charge < -0.3 is 5.11 Å². The Morgan fingerprint density at radius 2 is 2.13 bits per heavy atom. The maximum absolute atomic E-state index is 12.3. The summed E-state index contributed by atoms with van der Waals surface area (Å²) < 4.78 is 36.9. The predicted molar refractivity (Wildman–Crippen MR) is 47.8 cm³/mol. The number of carboxylic acid groups (broad SMARTS) is 1. The summed E-state index contributed by atoms with van der Waals surface area (Å²) in [6.07, 6.45) is -4.62. The molecule has 1 N–H and O–H groups in total. The second-order valence-corrected chi connectivity index (χ2v) is 4.19. The largest absolute Gasteiger partial charge is 0.481 e. The molecule has 0 amide bonds. The van der Waals surface area contributed by atoms with Crippen LogP contribution in [-0.2, 0) is 17.4 Å². The number of rotatable bonds is 3. The van der Waals surface area contributed by atoms with Crippen LogP contribution in [0.2, 0.25) is 0 Å². The van der Waals surface area contributed by atoms with Crippen LogP contribution < -0.4 is 0 Å². The third-order valence-corrected chi connectivity index (χ3v) is 2.69. The molecule has 1 rings (SSSR count). The van der Waals surface area contributed by atoms with Gasteiger partial charge in [0.25, 0.3) is 0 Å². The van der Waals surface area contributed by atoms with E-state index in [0.29, 0.717) is 0 Å². The van der Waals surface area contributed by atoms with Gasteiger partial charge in [0.05, 0.1) is 11.4 Å². The van der Waals surface area contributed by atoms with E-state index in [1.165, 1.54) is 6.92 Å². The zero-order valence-electron chi connectivity index (χ0n) is 7.76. The van der Waals surface area contributed by atoms with Crippen molar-refractivity contribution >= 4 is 17.3 Å². The third-order valence-electron chi connectivity index (χ3n) is 1.66. The highest BCUT2D eigenvalue weighted by molar-refractivity contribution is 7.11. The Balaban J connectivity index is 2.82. The number of carbonyl (C=O) groups is 1. The van der Waals surface area contributed by atoms with Gasteiger partial charge in [-0.3, -0.25) is 4.79 Å². The molecular formula is C8H8F3NO2S. The zero-order valence-corrected chi connectivity index (χ0v) is 8.58. The van der Waals surface area contributed by atoms with Gasteiger partial charge in [-0.2, -0.15) is 13.2 Å². The Kier molecular flexibility index (Phi) is 3.33. The Bertz CT molecular complexity index is 372. The molecule has 7 heteroatoms. The first-order chi connectivity index (χ1) is 6.80. The number of aliphatic carboxylic acids is 1. The SMILES string of the molecule is Cc1sc(CCC(=O)O)nc1C(F)(F)F. The van der Waals surface area contributed by atoms with Gasteiger partial charge in [-0.15, -0.1) is 11.3 Å². The summed E-state index contributed by atoms with van der Waals surface area (Å²) in [7, 11) is 0. The van der Waals surface area contributed by atoms with Crippen LogP contribution in [0.3, 0.4) is 0 Å². The third kappa shape index (κ3) is 3.19. The summed E-state index contributed by atoms with van der Waals surface area (Å²) in [5.41, 5.74) is -0.909. The number of aryl methyl sites for hydroxylation is 2. The number of halogens is 3. The standard InChI is InChI=1S/C8H8F3NO2S/c1-4-7(8(9,10)11)12-5(15-4)2-3-6(13)14/h2-3H2,1H3,(H,13,14). The first-order valence-electron chi connectivity index (χ1n) is 4.06. The van der Waals surface area contributed by atoms with Crippen molar-refractivity contribution in [2.75, 3.05) is 0 Å². The van der Waals surface area contributed by atoms with Crippen LogP contribution in [0.25, 0.3) is 0 Å². The monoisotopic (exact) mass is 239 g/mol. The molecule has 15 heavy (non-hydrogen) atoms. The van der Waals surface area contributed by atoms with Crippen molar-refractivity contribution in [3.63, 3.8) is 0 Å². The van der Waals surface area contributed by atoms with Crippen molar-refractivity contribution < 1.29 is 23.1 Å². The molecule has 1 aromatic heterocycles. The summed E-state index contributed by atoms with van der Waals surface area (Å²) in [5, 5.41) is 8.58. The second-order valence-electron chi connectivity index (χ2n) is 2.90. The van der Waals surface area contributed by atoms with Gasteiger partial charge in [0.1, 0.15) is 0 Å². The average Bonchev–Trinajstić information content (AvgIpc) is 2.42. The van der Waals surface area contributed by atoms with Crippen molar-refractivity contribution in [2.45, 2.75) is 25.9 Å². The minimum Gasteiger partial charge on any atom is -0.481 e. The highest BCUT2D eigenvalue weighted by atomic mass is 32.1. The highest BCUT2D eigenvalue weighted by Gasteiger charge is 2.36. The molecule has 0 spiro atoms. The highest BCUT2D eigenvalue weighted by Crippen LogP contribution is 2.33. The summed E-state index contributed by atoms with van der Waals surface area (Å²) in [6, 6.07) is 0. The summed E-state index contributed by atoms with van der Waals surface area (Å²) in [5.74, 6) is -1.04. The molecule has 0 fully saturated rings. The molecule has 0 aromatic carbocycles. The normalized spacial score (nSPS) is 11.7. The fourth-order valence-corrected chi connectivity index (χ4v) is 1.99. The summed E-state index contributed by atoms with van der Waals surface area (Å²) in [4.78, 5) is 13.7. The van der Waals surface area contributed by atoms with E-state index < -0.39 is 17.8 Å². The van der Waals surface area contributed by atoms with Gasteiger partial charge in [0, 0.05) is 11.3 Å². The van der Waals surface area contributed by atoms with Crippen molar-refractivity contribution in [3.05, 3.63) is 15.6 Å². The molecule has 0 unspecified atom stereocenters. The second kappa shape index (κ2) is 4.18. The Hall–Kier alpha value is -1.11. The van der Waals surface area contributed by atoms with Crippen molar-refractivity contribution in [2.24, 2.45) is 0 Å². The molecule has 0 saturated heterocycles. The van der Waals surface area contributed by atoms with Gasteiger partial charge in [0.2, 0.25) is 0 Å². The number of alkyl halides is 3. The fourth-order valence-electron chi connectivity index (χ4n) is 1.04. The van der Waals surface area contributed by atoms with Crippen LogP contribution in [0.15, 0.2) is 0 Å². The Labute approximate surface area is 87.6 Å². The Morgan fingerprint density at radius 1 is 1.53 bits per heavy atom. The van der Waals surface area contributed by atoms with E-state index in [0.717, 1.165) is 11.3 Å². The van der Waals surface area contributed by atoms with Crippen LogP contribution >= 0.6 is 11.3 Å². The van der Waals surface area contributed by atoms with Gasteiger partial charge in [-0.1, -0.05) is 0 Å². The lowest BCUT2D eigenvalue weighted by molar-refractivity contribution is -0.141. The molecule has 1 heterocycles. The van der Waals surface area contributed by atoms with E-state index in [1.807, 2.05) is 0 Å². The number of nitrogens with zero attached hydrogens (tertiary/aromatic N) is 1. The van der Waals surface area contributed by atoms with Crippen LogP contribution in [0.4, 0.5) is 13.2 Å². The van der Waals surface area contributed by atoms with Crippen molar-refractivity contribution in [1.29, 1.82) is 0 Å². The van der Waals surface area contributed by atoms with Crippen LogP contribution in [-0.4, -0.2) is 16.1 Å². The lowest BCUT2D eigenvalue weighted by Crippen LogP contribution is -2.07.